The Bertz CT molecular complexity index is 906. The standard InChI is InChI=1S/C22H28ClN5OS/c1-24-22(27-12-10-26(11-13-27)19-4-2-3-18(23)15-19)25-8-5-21(29)28-9-6-20-17(16-28)7-14-30-20/h2-4,7,14-15H,5-6,8-13,16H2,1H3,(H,24,25). The predicted octanol–water partition coefficient (Wildman–Crippen LogP) is 3.07. The lowest BCUT2D eigenvalue weighted by Gasteiger charge is -2.37. The normalized spacial score (nSPS) is 17.1. The molecule has 2 aliphatic heterocycles. The maximum atomic E-state index is 12.6. The number of hydrogen-bond donors (Lipinski definition) is 1. The fourth-order valence-corrected chi connectivity index (χ4v) is 5.16. The summed E-state index contributed by atoms with van der Waals surface area (Å²) in [6, 6.07) is 10.1. The maximum Gasteiger partial charge on any atom is 0.224 e. The summed E-state index contributed by atoms with van der Waals surface area (Å²) in [4.78, 5) is 25.0. The van der Waals surface area contributed by atoms with Gasteiger partial charge in [-0.05, 0) is 41.6 Å². The van der Waals surface area contributed by atoms with Gasteiger partial charge in [-0.15, -0.1) is 11.3 Å². The first-order valence-electron chi connectivity index (χ1n) is 10.4. The van der Waals surface area contributed by atoms with Gasteiger partial charge in [0.15, 0.2) is 5.96 Å². The molecule has 1 amide bonds. The molecule has 1 fully saturated rings. The second kappa shape index (κ2) is 9.71. The van der Waals surface area contributed by atoms with Gasteiger partial charge in [0.2, 0.25) is 5.91 Å². The zero-order chi connectivity index (χ0) is 20.9. The Labute approximate surface area is 187 Å². The number of benzene rings is 1. The van der Waals surface area contributed by atoms with E-state index >= 15 is 0 Å². The molecule has 0 unspecified atom stereocenters. The smallest absolute Gasteiger partial charge is 0.224 e. The van der Waals surface area contributed by atoms with Crippen molar-refractivity contribution in [2.75, 3.05) is 51.2 Å². The molecule has 0 spiro atoms. The van der Waals surface area contributed by atoms with Crippen molar-refractivity contribution in [2.24, 2.45) is 4.99 Å². The topological polar surface area (TPSA) is 51.2 Å². The van der Waals surface area contributed by atoms with Gasteiger partial charge in [-0.3, -0.25) is 9.79 Å². The van der Waals surface area contributed by atoms with Gasteiger partial charge in [-0.2, -0.15) is 0 Å². The molecule has 1 aromatic carbocycles. The number of rotatable bonds is 4. The lowest BCUT2D eigenvalue weighted by molar-refractivity contribution is -0.131. The van der Waals surface area contributed by atoms with Crippen molar-refractivity contribution in [3.63, 3.8) is 0 Å². The summed E-state index contributed by atoms with van der Waals surface area (Å²) >= 11 is 7.92. The Balaban J connectivity index is 1.22. The van der Waals surface area contributed by atoms with Crippen molar-refractivity contribution in [1.29, 1.82) is 0 Å². The lowest BCUT2D eigenvalue weighted by Crippen LogP contribution is -2.53. The van der Waals surface area contributed by atoms with Crippen LogP contribution in [0.5, 0.6) is 0 Å². The summed E-state index contributed by atoms with van der Waals surface area (Å²) in [5, 5.41) is 6.26. The number of halogens is 1. The zero-order valence-corrected chi connectivity index (χ0v) is 18.9. The van der Waals surface area contributed by atoms with Crippen LogP contribution in [0.1, 0.15) is 16.9 Å². The summed E-state index contributed by atoms with van der Waals surface area (Å²) < 4.78 is 0. The molecule has 1 N–H and O–H groups in total. The van der Waals surface area contributed by atoms with Gasteiger partial charge in [0, 0.05) is 74.9 Å². The second-order valence-corrected chi connectivity index (χ2v) is 9.05. The van der Waals surface area contributed by atoms with Gasteiger partial charge in [0.05, 0.1) is 0 Å². The highest BCUT2D eigenvalue weighted by molar-refractivity contribution is 7.10. The van der Waals surface area contributed by atoms with Crippen LogP contribution >= 0.6 is 22.9 Å². The first-order valence-corrected chi connectivity index (χ1v) is 11.7. The molecule has 0 saturated carbocycles. The Morgan fingerprint density at radius 2 is 2.00 bits per heavy atom. The fraction of sp³-hybridized carbons (Fsp3) is 0.455. The Morgan fingerprint density at radius 3 is 2.77 bits per heavy atom. The van der Waals surface area contributed by atoms with Gasteiger partial charge in [0.1, 0.15) is 0 Å². The van der Waals surface area contributed by atoms with E-state index in [1.165, 1.54) is 10.4 Å². The molecule has 30 heavy (non-hydrogen) atoms. The Morgan fingerprint density at radius 1 is 1.17 bits per heavy atom. The van der Waals surface area contributed by atoms with Crippen LogP contribution in [0.25, 0.3) is 0 Å². The molecule has 0 bridgehead atoms. The molecular weight excluding hydrogens is 418 g/mol. The number of piperazine rings is 1. The van der Waals surface area contributed by atoms with E-state index in [9.17, 15) is 4.79 Å². The molecule has 0 radical (unpaired) electrons. The molecule has 2 aromatic rings. The molecular formula is C22H28ClN5OS. The number of fused-ring (bicyclic) bond motifs is 1. The third kappa shape index (κ3) is 4.90. The van der Waals surface area contributed by atoms with Crippen LogP contribution in [0, 0.1) is 0 Å². The van der Waals surface area contributed by atoms with Crippen molar-refractivity contribution in [1.82, 2.24) is 15.1 Å². The van der Waals surface area contributed by atoms with Crippen LogP contribution in [0.15, 0.2) is 40.7 Å². The van der Waals surface area contributed by atoms with Gasteiger partial charge in [-0.1, -0.05) is 17.7 Å². The number of nitrogens with zero attached hydrogens (tertiary/aromatic N) is 4. The van der Waals surface area contributed by atoms with E-state index in [4.69, 9.17) is 11.6 Å². The highest BCUT2D eigenvalue weighted by atomic mass is 35.5. The average Bonchev–Trinajstić information content (AvgIpc) is 3.25. The minimum atomic E-state index is 0.209. The summed E-state index contributed by atoms with van der Waals surface area (Å²) in [7, 11) is 1.80. The SMILES string of the molecule is CN=C(NCCC(=O)N1CCc2sccc2C1)N1CCN(c2cccc(Cl)c2)CC1. The fourth-order valence-electron chi connectivity index (χ4n) is 4.08. The zero-order valence-electron chi connectivity index (χ0n) is 17.3. The molecule has 1 saturated heterocycles. The summed E-state index contributed by atoms with van der Waals surface area (Å²) in [6.45, 7) is 5.77. The molecule has 1 aromatic heterocycles. The number of guanidine groups is 1. The third-order valence-corrected chi connectivity index (χ3v) is 7.00. The first kappa shape index (κ1) is 21.0. The maximum absolute atomic E-state index is 12.6. The van der Waals surface area contributed by atoms with Crippen LogP contribution in [0.3, 0.4) is 0 Å². The molecule has 3 heterocycles. The van der Waals surface area contributed by atoms with Crippen LogP contribution in [-0.4, -0.2) is 68.0 Å². The second-order valence-electron chi connectivity index (χ2n) is 7.61. The van der Waals surface area contributed by atoms with Gasteiger partial charge < -0.3 is 20.0 Å². The highest BCUT2D eigenvalue weighted by Gasteiger charge is 2.22. The van der Waals surface area contributed by atoms with E-state index in [1.807, 2.05) is 23.1 Å². The minimum Gasteiger partial charge on any atom is -0.368 e. The number of carbonyl (C=O) groups is 1. The number of carbonyl (C=O) groups excluding carboxylic acids is 1. The Kier molecular flexibility index (Phi) is 6.79. The van der Waals surface area contributed by atoms with E-state index in [1.54, 1.807) is 18.4 Å². The third-order valence-electron chi connectivity index (χ3n) is 5.75. The van der Waals surface area contributed by atoms with Crippen LogP contribution in [0.2, 0.25) is 5.02 Å². The number of hydrogen-bond acceptors (Lipinski definition) is 4. The molecule has 4 rings (SSSR count). The van der Waals surface area contributed by atoms with Crippen molar-refractivity contribution in [2.45, 2.75) is 19.4 Å². The molecule has 6 nitrogen and oxygen atoms in total. The number of thiophene rings is 1. The van der Waals surface area contributed by atoms with Crippen molar-refractivity contribution < 1.29 is 4.79 Å². The summed E-state index contributed by atoms with van der Waals surface area (Å²) in [5.74, 6) is 1.08. The monoisotopic (exact) mass is 445 g/mol. The number of nitrogens with one attached hydrogen (secondary N) is 1. The van der Waals surface area contributed by atoms with Gasteiger partial charge in [-0.25, -0.2) is 0 Å². The van der Waals surface area contributed by atoms with E-state index in [0.29, 0.717) is 13.0 Å². The molecule has 2 aliphatic rings. The quantitative estimate of drug-likeness (QED) is 0.580. The summed E-state index contributed by atoms with van der Waals surface area (Å²) in [6.07, 6.45) is 1.46. The average molecular weight is 446 g/mol. The van der Waals surface area contributed by atoms with E-state index in [-0.39, 0.29) is 5.91 Å². The predicted molar refractivity (Wildman–Crippen MR) is 125 cm³/mol. The van der Waals surface area contributed by atoms with Crippen molar-refractivity contribution in [3.8, 4) is 0 Å². The van der Waals surface area contributed by atoms with E-state index in [2.05, 4.69) is 37.6 Å². The highest BCUT2D eigenvalue weighted by Crippen LogP contribution is 2.24. The van der Waals surface area contributed by atoms with Crippen LogP contribution < -0.4 is 10.2 Å². The van der Waals surface area contributed by atoms with Crippen LogP contribution in [0.4, 0.5) is 5.69 Å². The first-order chi connectivity index (χ1) is 14.6. The molecule has 0 aliphatic carbocycles. The molecule has 160 valence electrons. The largest absolute Gasteiger partial charge is 0.368 e. The Hall–Kier alpha value is -2.25. The van der Waals surface area contributed by atoms with Gasteiger partial charge >= 0.3 is 0 Å². The van der Waals surface area contributed by atoms with Gasteiger partial charge in [0.25, 0.3) is 0 Å². The number of amides is 1. The lowest BCUT2D eigenvalue weighted by atomic mass is 10.1. The molecule has 0 atom stereocenters. The summed E-state index contributed by atoms with van der Waals surface area (Å²) in [5.41, 5.74) is 2.46. The number of aliphatic imine (C=N–C) groups is 1. The van der Waals surface area contributed by atoms with Crippen molar-refractivity contribution >= 4 is 40.5 Å². The van der Waals surface area contributed by atoms with E-state index in [0.717, 1.165) is 62.4 Å². The number of anilines is 1. The molecule has 8 heteroatoms. The van der Waals surface area contributed by atoms with Crippen LogP contribution in [-0.2, 0) is 17.8 Å². The minimum absolute atomic E-state index is 0.209. The van der Waals surface area contributed by atoms with Crippen molar-refractivity contribution in [3.05, 3.63) is 51.2 Å². The van der Waals surface area contributed by atoms with E-state index < -0.39 is 0 Å².